The van der Waals surface area contributed by atoms with E-state index in [9.17, 15) is 24.0 Å². The number of aromatic nitrogens is 2. The van der Waals surface area contributed by atoms with Crippen molar-refractivity contribution in [1.29, 1.82) is 0 Å². The van der Waals surface area contributed by atoms with Crippen molar-refractivity contribution in [2.75, 3.05) is 6.54 Å². The van der Waals surface area contributed by atoms with Crippen molar-refractivity contribution < 1.29 is 23.9 Å². The molecule has 0 radical (unpaired) electrons. The van der Waals surface area contributed by atoms with Gasteiger partial charge < -0.3 is 20.4 Å². The number of nitrogens with zero attached hydrogens (tertiary/aromatic N) is 2. The first-order valence-corrected chi connectivity index (χ1v) is 13.9. The summed E-state index contributed by atoms with van der Waals surface area (Å²) >= 11 is 0. The Morgan fingerprint density at radius 1 is 1.07 bits per heavy atom. The lowest BCUT2D eigenvalue weighted by Gasteiger charge is -2.35. The third-order valence-corrected chi connectivity index (χ3v) is 7.41. The van der Waals surface area contributed by atoms with Crippen LogP contribution >= 0.6 is 0 Å². The Morgan fingerprint density at radius 2 is 1.80 bits per heavy atom. The van der Waals surface area contributed by atoms with Gasteiger partial charge in [0.05, 0.1) is 16.3 Å². The fourth-order valence-electron chi connectivity index (χ4n) is 4.74. The molecule has 1 fully saturated rings. The van der Waals surface area contributed by atoms with E-state index in [2.05, 4.69) is 26.0 Å². The Morgan fingerprint density at radius 3 is 2.51 bits per heavy atom. The number of esters is 1. The summed E-state index contributed by atoms with van der Waals surface area (Å²) in [4.78, 5) is 72.7. The zero-order chi connectivity index (χ0) is 30.1. The molecular formula is C29H38N6O6. The summed E-state index contributed by atoms with van der Waals surface area (Å²) in [6, 6.07) is 2.49. The Balaban J connectivity index is 1.74. The van der Waals surface area contributed by atoms with Gasteiger partial charge in [-0.1, -0.05) is 32.1 Å². The number of cyclic esters (lactones) is 1. The van der Waals surface area contributed by atoms with Crippen LogP contribution in [0.15, 0.2) is 29.1 Å². The average Bonchev–Trinajstić information content (AvgIpc) is 2.93. The van der Waals surface area contributed by atoms with Crippen molar-refractivity contribution in [1.82, 2.24) is 31.0 Å². The second-order valence-electron chi connectivity index (χ2n) is 11.6. The van der Waals surface area contributed by atoms with Gasteiger partial charge in [-0.05, 0) is 64.2 Å². The van der Waals surface area contributed by atoms with E-state index in [1.165, 1.54) is 5.01 Å². The van der Waals surface area contributed by atoms with Crippen LogP contribution in [-0.2, 0) is 23.9 Å². The van der Waals surface area contributed by atoms with Gasteiger partial charge in [0.15, 0.2) is 11.9 Å². The lowest BCUT2D eigenvalue weighted by atomic mass is 9.89. The Kier molecular flexibility index (Phi) is 8.62. The predicted molar refractivity (Wildman–Crippen MR) is 152 cm³/mol. The molecule has 12 nitrogen and oxygen atoms in total. The molecule has 220 valence electrons. The highest BCUT2D eigenvalue weighted by Gasteiger charge is 2.35. The molecule has 4 N–H and O–H groups in total. The van der Waals surface area contributed by atoms with Crippen molar-refractivity contribution in [3.8, 4) is 0 Å². The van der Waals surface area contributed by atoms with E-state index in [1.54, 1.807) is 58.0 Å². The second kappa shape index (κ2) is 11.8. The number of H-pyrrole nitrogens is 1. The van der Waals surface area contributed by atoms with Crippen LogP contribution in [-0.4, -0.2) is 63.3 Å². The zero-order valence-electron chi connectivity index (χ0n) is 24.2. The molecule has 1 aromatic carbocycles. The van der Waals surface area contributed by atoms with Crippen LogP contribution in [0.2, 0.25) is 0 Å². The summed E-state index contributed by atoms with van der Waals surface area (Å²) < 4.78 is 5.63. The van der Waals surface area contributed by atoms with Crippen molar-refractivity contribution in [3.63, 3.8) is 0 Å². The molecule has 12 heteroatoms. The van der Waals surface area contributed by atoms with E-state index in [-0.39, 0.29) is 23.2 Å². The number of aromatic amines is 1. The summed E-state index contributed by atoms with van der Waals surface area (Å²) in [6.45, 7) is 10.6. The molecule has 1 unspecified atom stereocenters. The molecule has 5 bridgehead atoms. The summed E-state index contributed by atoms with van der Waals surface area (Å²) in [5.41, 5.74) is 2.65. The predicted octanol–water partition coefficient (Wildman–Crippen LogP) is 1.72. The molecule has 4 atom stereocenters. The largest absolute Gasteiger partial charge is 0.453 e. The maximum atomic E-state index is 13.3. The van der Waals surface area contributed by atoms with E-state index in [1.807, 2.05) is 13.8 Å². The number of hydrogen-bond acceptors (Lipinski definition) is 8. The molecule has 2 aliphatic rings. The lowest BCUT2D eigenvalue weighted by Crippen LogP contribution is -2.61. The summed E-state index contributed by atoms with van der Waals surface area (Å²) in [5, 5.41) is 7.22. The number of fused-ring (bicyclic) bond motifs is 4. The minimum atomic E-state index is -0.995. The smallest absolute Gasteiger partial charge is 0.325 e. The van der Waals surface area contributed by atoms with E-state index in [0.29, 0.717) is 35.9 Å². The topological polar surface area (TPSA) is 163 Å². The summed E-state index contributed by atoms with van der Waals surface area (Å²) in [5.74, 6) is -1.94. The Labute approximate surface area is 238 Å². The van der Waals surface area contributed by atoms with Gasteiger partial charge in [-0.2, -0.15) is 0 Å². The van der Waals surface area contributed by atoms with E-state index >= 15 is 0 Å². The molecule has 2 aliphatic heterocycles. The average molecular weight is 567 g/mol. The van der Waals surface area contributed by atoms with Crippen LogP contribution in [0.25, 0.3) is 17.0 Å². The van der Waals surface area contributed by atoms with Crippen LogP contribution in [0.4, 0.5) is 0 Å². The highest BCUT2D eigenvalue weighted by Crippen LogP contribution is 2.23. The fraction of sp³-hybridized carbons (Fsp3) is 0.517. The lowest BCUT2D eigenvalue weighted by molar-refractivity contribution is -0.157. The van der Waals surface area contributed by atoms with Gasteiger partial charge in [-0.15, -0.1) is 0 Å². The second-order valence-corrected chi connectivity index (χ2v) is 11.6. The van der Waals surface area contributed by atoms with Crippen LogP contribution in [0.3, 0.4) is 0 Å². The van der Waals surface area contributed by atoms with Gasteiger partial charge in [0.1, 0.15) is 18.1 Å². The number of hydrazine groups is 1. The van der Waals surface area contributed by atoms with Gasteiger partial charge in [0.2, 0.25) is 11.8 Å². The molecular weight excluding hydrogens is 528 g/mol. The van der Waals surface area contributed by atoms with Gasteiger partial charge >= 0.3 is 5.97 Å². The molecule has 41 heavy (non-hydrogen) atoms. The van der Waals surface area contributed by atoms with Gasteiger partial charge in [-0.3, -0.25) is 29.0 Å². The number of ether oxygens (including phenoxy) is 1. The van der Waals surface area contributed by atoms with Gasteiger partial charge in [0, 0.05) is 6.54 Å². The molecule has 0 saturated carbocycles. The van der Waals surface area contributed by atoms with E-state index < -0.39 is 47.4 Å². The molecule has 0 aliphatic carbocycles. The number of carbonyl (C=O) groups is 4. The Bertz CT molecular complexity index is 1450. The Hall–Kier alpha value is -4.06. The summed E-state index contributed by atoms with van der Waals surface area (Å²) in [7, 11) is 0. The minimum absolute atomic E-state index is 0.183. The molecule has 2 aromatic rings. The zero-order valence-corrected chi connectivity index (χ0v) is 24.2. The van der Waals surface area contributed by atoms with Crippen molar-refractivity contribution >= 4 is 40.7 Å². The minimum Gasteiger partial charge on any atom is -0.453 e. The maximum Gasteiger partial charge on any atom is 0.325 e. The third-order valence-electron chi connectivity index (χ3n) is 7.41. The first-order valence-electron chi connectivity index (χ1n) is 13.9. The number of amides is 3. The molecule has 0 spiro atoms. The maximum absolute atomic E-state index is 13.3. The van der Waals surface area contributed by atoms with Gasteiger partial charge in [0.25, 0.3) is 11.5 Å². The number of hydrogen-bond donors (Lipinski definition) is 4. The summed E-state index contributed by atoms with van der Waals surface area (Å²) in [6.07, 6.45) is 3.57. The molecule has 3 heterocycles. The number of benzene rings is 1. The number of carbonyl (C=O) groups excluding carboxylic acids is 4. The highest BCUT2D eigenvalue weighted by molar-refractivity contribution is 5.94. The van der Waals surface area contributed by atoms with Crippen LogP contribution < -0.4 is 21.6 Å². The fourth-order valence-corrected chi connectivity index (χ4v) is 4.74. The number of rotatable bonds is 1. The van der Waals surface area contributed by atoms with Crippen molar-refractivity contribution in [3.05, 3.63) is 46.0 Å². The van der Waals surface area contributed by atoms with Crippen molar-refractivity contribution in [2.24, 2.45) is 11.3 Å². The SMILES string of the molecule is CC(C)[C@@H]1NC(=O)C(C)(C)/C=C/c2ccc3c(=O)[nH]c(nc3c2)[C@@H](C)OC(=O)C2CCCN(N2)C(=O)[C@H](C)NC1=O. The normalized spacial score (nSPS) is 26.9. The quantitative estimate of drug-likeness (QED) is 0.379. The highest BCUT2D eigenvalue weighted by atomic mass is 16.5. The third kappa shape index (κ3) is 6.64. The monoisotopic (exact) mass is 566 g/mol. The van der Waals surface area contributed by atoms with Crippen molar-refractivity contribution in [2.45, 2.75) is 78.6 Å². The van der Waals surface area contributed by atoms with Crippen LogP contribution in [0, 0.1) is 11.3 Å². The van der Waals surface area contributed by atoms with E-state index in [0.717, 1.165) is 0 Å². The van der Waals surface area contributed by atoms with Crippen LogP contribution in [0.1, 0.15) is 71.9 Å². The molecule has 3 amide bonds. The van der Waals surface area contributed by atoms with Gasteiger partial charge in [-0.25, -0.2) is 10.4 Å². The number of nitrogens with one attached hydrogen (secondary N) is 4. The molecule has 1 saturated heterocycles. The van der Waals surface area contributed by atoms with Crippen LogP contribution in [0.5, 0.6) is 0 Å². The van der Waals surface area contributed by atoms with E-state index in [4.69, 9.17) is 4.74 Å². The first-order chi connectivity index (χ1) is 19.3. The molecule has 1 aromatic heterocycles. The molecule has 4 rings (SSSR count). The first kappa shape index (κ1) is 29.9. The standard InChI is InChI=1S/C29H38N6O6/c1-15(2)22-25(37)30-16(3)26(38)35-13-7-8-20(34-35)27(39)41-17(4)23-31-21-14-18(9-10-19(21)24(36)33-23)11-12-29(5,6)28(40)32-22/h9-12,14-17,20,22,34H,7-8,13H2,1-6H3,(H,30,37)(H,32,40)(H,31,33,36)/b12-11+/t16-,17+,20?,22-/m0/s1.